The Morgan fingerprint density at radius 3 is 2.55 bits per heavy atom. The van der Waals surface area contributed by atoms with Gasteiger partial charge in [0.1, 0.15) is 5.76 Å². The summed E-state index contributed by atoms with van der Waals surface area (Å²) in [7, 11) is 0. The van der Waals surface area contributed by atoms with Crippen molar-refractivity contribution >= 4 is 28.9 Å². The van der Waals surface area contributed by atoms with E-state index in [1.807, 2.05) is 12.1 Å². The quantitative estimate of drug-likeness (QED) is 0.703. The van der Waals surface area contributed by atoms with Gasteiger partial charge < -0.3 is 15.5 Å². The van der Waals surface area contributed by atoms with E-state index in [0.717, 1.165) is 5.56 Å². The number of hydrogen-bond acceptors (Lipinski definition) is 3. The second kappa shape index (κ2) is 5.95. The summed E-state index contributed by atoms with van der Waals surface area (Å²) in [6.45, 7) is 0. The average molecular weight is 313 g/mol. The molecule has 0 fully saturated rings. The van der Waals surface area contributed by atoms with Crippen LogP contribution in [0.4, 0.5) is 11.4 Å². The highest BCUT2D eigenvalue weighted by atomic mass is 35.5. The lowest BCUT2D eigenvalue weighted by atomic mass is 10.2. The predicted octanol–water partition coefficient (Wildman–Crippen LogP) is 4.43. The third-order valence-electron chi connectivity index (χ3n) is 3.10. The van der Waals surface area contributed by atoms with Crippen molar-refractivity contribution in [2.75, 3.05) is 11.1 Å². The smallest absolute Gasteiger partial charge is 0.291 e. The van der Waals surface area contributed by atoms with Crippen molar-refractivity contribution < 1.29 is 9.21 Å². The van der Waals surface area contributed by atoms with Crippen LogP contribution in [-0.4, -0.2) is 5.91 Å². The Hall–Kier alpha value is -2.72. The number of halogens is 1. The van der Waals surface area contributed by atoms with E-state index in [2.05, 4.69) is 5.32 Å². The number of amides is 1. The summed E-state index contributed by atoms with van der Waals surface area (Å²) in [5, 5.41) is 3.39. The molecule has 0 aliphatic heterocycles. The third-order valence-corrected chi connectivity index (χ3v) is 3.35. The molecule has 3 aromatic rings. The molecule has 0 spiro atoms. The first-order valence-corrected chi connectivity index (χ1v) is 7.02. The Labute approximate surface area is 132 Å². The van der Waals surface area contributed by atoms with Crippen molar-refractivity contribution in [1.29, 1.82) is 0 Å². The van der Waals surface area contributed by atoms with Crippen LogP contribution in [-0.2, 0) is 0 Å². The van der Waals surface area contributed by atoms with Crippen LogP contribution in [0.1, 0.15) is 10.6 Å². The van der Waals surface area contributed by atoms with Crippen LogP contribution in [0.5, 0.6) is 0 Å². The molecule has 0 radical (unpaired) electrons. The molecule has 0 atom stereocenters. The molecule has 22 heavy (non-hydrogen) atoms. The molecule has 0 bridgehead atoms. The van der Waals surface area contributed by atoms with Gasteiger partial charge in [-0.25, -0.2) is 0 Å². The van der Waals surface area contributed by atoms with E-state index in [1.165, 1.54) is 0 Å². The van der Waals surface area contributed by atoms with Gasteiger partial charge in [0.05, 0.1) is 0 Å². The zero-order chi connectivity index (χ0) is 15.5. The lowest BCUT2D eigenvalue weighted by Crippen LogP contribution is -2.10. The zero-order valence-electron chi connectivity index (χ0n) is 11.5. The van der Waals surface area contributed by atoms with Gasteiger partial charge in [-0.3, -0.25) is 4.79 Å². The minimum absolute atomic E-state index is 0.229. The van der Waals surface area contributed by atoms with E-state index in [-0.39, 0.29) is 11.7 Å². The summed E-state index contributed by atoms with van der Waals surface area (Å²) in [4.78, 5) is 12.2. The minimum atomic E-state index is -0.328. The van der Waals surface area contributed by atoms with Crippen LogP contribution in [0.15, 0.2) is 65.1 Å². The molecule has 0 aliphatic rings. The Kier molecular flexibility index (Phi) is 3.85. The summed E-state index contributed by atoms with van der Waals surface area (Å²) in [6, 6.07) is 17.5. The predicted molar refractivity (Wildman–Crippen MR) is 88.0 cm³/mol. The van der Waals surface area contributed by atoms with Gasteiger partial charge in [-0.05, 0) is 54.6 Å². The van der Waals surface area contributed by atoms with Crippen molar-refractivity contribution in [2.45, 2.75) is 0 Å². The zero-order valence-corrected chi connectivity index (χ0v) is 12.3. The monoisotopic (exact) mass is 312 g/mol. The van der Waals surface area contributed by atoms with Crippen molar-refractivity contribution in [1.82, 2.24) is 0 Å². The maximum absolute atomic E-state index is 12.2. The highest BCUT2D eigenvalue weighted by Crippen LogP contribution is 2.24. The molecule has 2 aromatic carbocycles. The fourth-order valence-corrected chi connectivity index (χ4v) is 2.16. The average Bonchev–Trinajstić information content (AvgIpc) is 2.98. The highest BCUT2D eigenvalue weighted by molar-refractivity contribution is 6.30. The standard InChI is InChI=1S/C17H13ClN2O2/c18-12-6-4-11(5-7-12)15-8-9-16(22-15)17(21)20-14-3-1-2-13(19)10-14/h1-10H,19H2,(H,20,21). The van der Waals surface area contributed by atoms with Gasteiger partial charge in [0.15, 0.2) is 5.76 Å². The van der Waals surface area contributed by atoms with Crippen LogP contribution in [0.25, 0.3) is 11.3 Å². The first-order valence-electron chi connectivity index (χ1n) is 6.64. The van der Waals surface area contributed by atoms with E-state index < -0.39 is 0 Å². The van der Waals surface area contributed by atoms with E-state index in [1.54, 1.807) is 48.5 Å². The molecule has 0 aliphatic carbocycles. The van der Waals surface area contributed by atoms with Gasteiger partial charge in [0.2, 0.25) is 0 Å². The van der Waals surface area contributed by atoms with Gasteiger partial charge in [0, 0.05) is 22.0 Å². The third kappa shape index (κ3) is 3.13. The number of nitrogens with one attached hydrogen (secondary N) is 1. The Morgan fingerprint density at radius 1 is 1.05 bits per heavy atom. The summed E-state index contributed by atoms with van der Waals surface area (Å²) >= 11 is 5.85. The van der Waals surface area contributed by atoms with Gasteiger partial charge in [0.25, 0.3) is 5.91 Å². The van der Waals surface area contributed by atoms with E-state index in [0.29, 0.717) is 22.2 Å². The van der Waals surface area contributed by atoms with Crippen molar-refractivity contribution in [3.63, 3.8) is 0 Å². The lowest BCUT2D eigenvalue weighted by molar-refractivity contribution is 0.0997. The fourth-order valence-electron chi connectivity index (χ4n) is 2.04. The van der Waals surface area contributed by atoms with Crippen LogP contribution in [0.2, 0.25) is 5.02 Å². The number of carbonyl (C=O) groups excluding carboxylic acids is 1. The Morgan fingerprint density at radius 2 is 1.82 bits per heavy atom. The van der Waals surface area contributed by atoms with Gasteiger partial charge in [-0.2, -0.15) is 0 Å². The number of benzene rings is 2. The molecule has 0 saturated heterocycles. The molecule has 0 saturated carbocycles. The Bertz CT molecular complexity index is 810. The largest absolute Gasteiger partial charge is 0.451 e. The number of carbonyl (C=O) groups is 1. The van der Waals surface area contributed by atoms with E-state index in [9.17, 15) is 4.79 Å². The molecule has 5 heteroatoms. The summed E-state index contributed by atoms with van der Waals surface area (Å²) in [6.07, 6.45) is 0. The number of nitrogens with two attached hydrogens (primary N) is 1. The van der Waals surface area contributed by atoms with Gasteiger partial charge >= 0.3 is 0 Å². The summed E-state index contributed by atoms with van der Waals surface area (Å²) < 4.78 is 5.59. The van der Waals surface area contributed by atoms with Crippen molar-refractivity contribution in [2.24, 2.45) is 0 Å². The van der Waals surface area contributed by atoms with E-state index >= 15 is 0 Å². The fraction of sp³-hybridized carbons (Fsp3) is 0. The minimum Gasteiger partial charge on any atom is -0.451 e. The number of rotatable bonds is 3. The maximum atomic E-state index is 12.2. The van der Waals surface area contributed by atoms with Crippen LogP contribution in [0, 0.1) is 0 Å². The normalized spacial score (nSPS) is 10.4. The molecule has 1 aromatic heterocycles. The SMILES string of the molecule is Nc1cccc(NC(=O)c2ccc(-c3ccc(Cl)cc3)o2)c1. The maximum Gasteiger partial charge on any atom is 0.291 e. The second-order valence-electron chi connectivity index (χ2n) is 4.75. The molecule has 1 amide bonds. The Balaban J connectivity index is 1.78. The van der Waals surface area contributed by atoms with E-state index in [4.69, 9.17) is 21.8 Å². The first-order chi connectivity index (χ1) is 10.6. The van der Waals surface area contributed by atoms with Crippen molar-refractivity contribution in [3.8, 4) is 11.3 Å². The van der Waals surface area contributed by atoms with Crippen LogP contribution >= 0.6 is 11.6 Å². The molecule has 1 heterocycles. The molecule has 110 valence electrons. The molecule has 4 nitrogen and oxygen atoms in total. The topological polar surface area (TPSA) is 68.3 Å². The lowest BCUT2D eigenvalue weighted by Gasteiger charge is -2.03. The number of nitrogen functional groups attached to an aromatic ring is 1. The number of anilines is 2. The first kappa shape index (κ1) is 14.2. The van der Waals surface area contributed by atoms with Crippen molar-refractivity contribution in [3.05, 3.63) is 71.4 Å². The summed E-state index contributed by atoms with van der Waals surface area (Å²) in [5.74, 6) is 0.507. The van der Waals surface area contributed by atoms with Crippen LogP contribution < -0.4 is 11.1 Å². The van der Waals surface area contributed by atoms with Gasteiger partial charge in [-0.15, -0.1) is 0 Å². The van der Waals surface area contributed by atoms with Crippen LogP contribution in [0.3, 0.4) is 0 Å². The second-order valence-corrected chi connectivity index (χ2v) is 5.19. The molecular formula is C17H13ClN2O2. The summed E-state index contributed by atoms with van der Waals surface area (Å²) in [5.41, 5.74) is 7.74. The highest BCUT2D eigenvalue weighted by Gasteiger charge is 2.12. The molecule has 0 unspecified atom stereocenters. The number of hydrogen-bond donors (Lipinski definition) is 2. The molecular weight excluding hydrogens is 300 g/mol. The number of furan rings is 1. The molecule has 3 N–H and O–H groups in total. The molecule has 3 rings (SSSR count). The van der Waals surface area contributed by atoms with Gasteiger partial charge in [-0.1, -0.05) is 17.7 Å².